The minimum atomic E-state index is -1.06. The summed E-state index contributed by atoms with van der Waals surface area (Å²) in [5.74, 6) is 0.379. The van der Waals surface area contributed by atoms with E-state index in [9.17, 15) is 4.79 Å². The van der Waals surface area contributed by atoms with Crippen molar-refractivity contribution in [2.45, 2.75) is 6.54 Å². The summed E-state index contributed by atoms with van der Waals surface area (Å²) in [6.07, 6.45) is 2.05. The number of hydrogen-bond donors (Lipinski definition) is 1. The summed E-state index contributed by atoms with van der Waals surface area (Å²) in [6.45, 7) is 0.191. The van der Waals surface area contributed by atoms with E-state index in [0.29, 0.717) is 10.3 Å². The van der Waals surface area contributed by atoms with Crippen LogP contribution in [0.25, 0.3) is 0 Å². The Hall–Kier alpha value is -1.66. The number of hydrogen-bond acceptors (Lipinski definition) is 4. The molecular weight excluding hydrogens is 262 g/mol. The fourth-order valence-corrected chi connectivity index (χ4v) is 2.24. The molecule has 0 aliphatic carbocycles. The summed E-state index contributed by atoms with van der Waals surface area (Å²) < 4.78 is 0.395. The first kappa shape index (κ1) is 11.8. The van der Waals surface area contributed by atoms with Crippen molar-refractivity contribution >= 4 is 34.8 Å². The van der Waals surface area contributed by atoms with Crippen molar-refractivity contribution < 1.29 is 9.90 Å². The van der Waals surface area contributed by atoms with Gasteiger partial charge in [0.1, 0.15) is 5.82 Å². The molecule has 0 atom stereocenters. The molecule has 2 rings (SSSR count). The van der Waals surface area contributed by atoms with Crippen LogP contribution in [0.2, 0.25) is 4.47 Å². The van der Waals surface area contributed by atoms with Crippen LogP contribution < -0.4 is 4.90 Å². The molecule has 0 bridgehead atoms. The minimum Gasteiger partial charge on any atom is -0.465 e. The van der Waals surface area contributed by atoms with E-state index in [2.05, 4.69) is 9.97 Å². The maximum absolute atomic E-state index is 11.1. The number of pyridine rings is 1. The number of rotatable bonds is 3. The van der Waals surface area contributed by atoms with Gasteiger partial charge < -0.3 is 5.11 Å². The molecular formula is C10H8ClN3O2S. The molecule has 2 aromatic rings. The van der Waals surface area contributed by atoms with Gasteiger partial charge in [-0.2, -0.15) is 0 Å². The second-order valence-corrected chi connectivity index (χ2v) is 4.83. The number of halogens is 1. The lowest BCUT2D eigenvalue weighted by Gasteiger charge is -2.16. The SMILES string of the molecule is O=C(O)N(Cc1cnc(Cl)s1)c1ccccn1. The van der Waals surface area contributed by atoms with E-state index in [4.69, 9.17) is 16.7 Å². The lowest BCUT2D eigenvalue weighted by atomic mass is 10.4. The highest BCUT2D eigenvalue weighted by Gasteiger charge is 2.16. The fraction of sp³-hybridized carbons (Fsp3) is 0.100. The van der Waals surface area contributed by atoms with E-state index < -0.39 is 6.09 Å². The van der Waals surface area contributed by atoms with E-state index in [1.54, 1.807) is 30.6 Å². The molecule has 0 spiro atoms. The molecule has 2 aromatic heterocycles. The van der Waals surface area contributed by atoms with E-state index in [0.717, 1.165) is 9.78 Å². The Morgan fingerprint density at radius 2 is 2.29 bits per heavy atom. The van der Waals surface area contributed by atoms with Crippen LogP contribution in [0.4, 0.5) is 10.6 Å². The van der Waals surface area contributed by atoms with Gasteiger partial charge in [-0.25, -0.2) is 14.8 Å². The first-order valence-electron chi connectivity index (χ1n) is 4.68. The van der Waals surface area contributed by atoms with E-state index in [1.807, 2.05) is 0 Å². The van der Waals surface area contributed by atoms with Crippen LogP contribution in [0.5, 0.6) is 0 Å². The van der Waals surface area contributed by atoms with Gasteiger partial charge in [-0.1, -0.05) is 17.7 Å². The van der Waals surface area contributed by atoms with Crippen LogP contribution in [0.1, 0.15) is 4.88 Å². The van der Waals surface area contributed by atoms with Crippen molar-refractivity contribution in [3.63, 3.8) is 0 Å². The molecule has 0 radical (unpaired) electrons. The van der Waals surface area contributed by atoms with Gasteiger partial charge >= 0.3 is 6.09 Å². The third-order valence-electron chi connectivity index (χ3n) is 2.00. The van der Waals surface area contributed by atoms with Crippen molar-refractivity contribution in [1.82, 2.24) is 9.97 Å². The predicted octanol–water partition coefficient (Wildman–Crippen LogP) is 2.88. The summed E-state index contributed by atoms with van der Waals surface area (Å²) >= 11 is 6.94. The number of carbonyl (C=O) groups is 1. The number of nitrogens with zero attached hydrogens (tertiary/aromatic N) is 3. The molecule has 0 saturated heterocycles. The summed E-state index contributed by atoms with van der Waals surface area (Å²) in [4.78, 5) is 20.9. The Labute approximate surface area is 106 Å². The Morgan fingerprint density at radius 3 is 2.82 bits per heavy atom. The molecule has 0 fully saturated rings. The van der Waals surface area contributed by atoms with Gasteiger partial charge in [0.2, 0.25) is 0 Å². The summed E-state index contributed by atoms with van der Waals surface area (Å²) in [5.41, 5.74) is 0. The molecule has 0 aliphatic heterocycles. The highest BCUT2D eigenvalue weighted by atomic mass is 35.5. The molecule has 88 valence electrons. The molecule has 17 heavy (non-hydrogen) atoms. The van der Waals surface area contributed by atoms with Crippen LogP contribution in [0.15, 0.2) is 30.6 Å². The Bertz CT molecular complexity index is 517. The van der Waals surface area contributed by atoms with Crippen LogP contribution in [-0.2, 0) is 6.54 Å². The van der Waals surface area contributed by atoms with Gasteiger partial charge in [0.15, 0.2) is 4.47 Å². The Balaban J connectivity index is 2.22. The third kappa shape index (κ3) is 2.92. The maximum atomic E-state index is 11.1. The maximum Gasteiger partial charge on any atom is 0.413 e. The van der Waals surface area contributed by atoms with Crippen LogP contribution in [0, 0.1) is 0 Å². The summed E-state index contributed by atoms with van der Waals surface area (Å²) in [7, 11) is 0. The molecule has 0 saturated carbocycles. The first-order valence-corrected chi connectivity index (χ1v) is 5.88. The quantitative estimate of drug-likeness (QED) is 0.930. The van der Waals surface area contributed by atoms with Crippen molar-refractivity contribution in [3.8, 4) is 0 Å². The average molecular weight is 270 g/mol. The molecule has 2 heterocycles. The predicted molar refractivity (Wildman–Crippen MR) is 65.6 cm³/mol. The van der Waals surface area contributed by atoms with E-state index in [-0.39, 0.29) is 6.54 Å². The van der Waals surface area contributed by atoms with E-state index >= 15 is 0 Å². The number of aromatic nitrogens is 2. The van der Waals surface area contributed by atoms with Crippen LogP contribution in [-0.4, -0.2) is 21.2 Å². The average Bonchev–Trinajstić information content (AvgIpc) is 2.73. The van der Waals surface area contributed by atoms with Crippen LogP contribution in [0.3, 0.4) is 0 Å². The van der Waals surface area contributed by atoms with Crippen molar-refractivity contribution in [2.24, 2.45) is 0 Å². The standard InChI is InChI=1S/C10H8ClN3O2S/c11-9-13-5-7(17-9)6-14(10(15)16)8-3-1-2-4-12-8/h1-5H,6H2,(H,15,16). The second-order valence-electron chi connectivity index (χ2n) is 3.14. The second kappa shape index (κ2) is 5.11. The minimum absolute atomic E-state index is 0.191. The number of carboxylic acid groups (broad SMARTS) is 1. The number of anilines is 1. The number of amides is 1. The molecule has 5 nitrogen and oxygen atoms in total. The molecule has 0 aliphatic rings. The van der Waals surface area contributed by atoms with E-state index in [1.165, 1.54) is 11.3 Å². The van der Waals surface area contributed by atoms with Gasteiger partial charge in [-0.15, -0.1) is 11.3 Å². The monoisotopic (exact) mass is 269 g/mol. The first-order chi connectivity index (χ1) is 8.16. The zero-order chi connectivity index (χ0) is 12.3. The highest BCUT2D eigenvalue weighted by Crippen LogP contribution is 2.21. The fourth-order valence-electron chi connectivity index (χ4n) is 1.27. The molecule has 1 amide bonds. The normalized spacial score (nSPS) is 10.2. The molecule has 0 unspecified atom stereocenters. The van der Waals surface area contributed by atoms with Gasteiger partial charge in [-0.05, 0) is 12.1 Å². The summed E-state index contributed by atoms with van der Waals surface area (Å²) in [6, 6.07) is 5.10. The molecule has 0 aromatic carbocycles. The Kier molecular flexibility index (Phi) is 3.55. The topological polar surface area (TPSA) is 66.3 Å². The zero-order valence-electron chi connectivity index (χ0n) is 8.58. The Morgan fingerprint density at radius 1 is 1.47 bits per heavy atom. The lowest BCUT2D eigenvalue weighted by molar-refractivity contribution is 0.201. The van der Waals surface area contributed by atoms with Gasteiger partial charge in [0.25, 0.3) is 0 Å². The van der Waals surface area contributed by atoms with Gasteiger partial charge in [0.05, 0.1) is 6.54 Å². The van der Waals surface area contributed by atoms with Gasteiger partial charge in [0, 0.05) is 17.3 Å². The van der Waals surface area contributed by atoms with Crippen LogP contribution >= 0.6 is 22.9 Å². The molecule has 7 heteroatoms. The molecule has 1 N–H and O–H groups in total. The summed E-state index contributed by atoms with van der Waals surface area (Å²) in [5, 5.41) is 9.13. The van der Waals surface area contributed by atoms with Crippen molar-refractivity contribution in [1.29, 1.82) is 0 Å². The van der Waals surface area contributed by atoms with Gasteiger partial charge in [-0.3, -0.25) is 4.90 Å². The lowest BCUT2D eigenvalue weighted by Crippen LogP contribution is -2.28. The smallest absolute Gasteiger partial charge is 0.413 e. The van der Waals surface area contributed by atoms with Crippen molar-refractivity contribution in [2.75, 3.05) is 4.90 Å². The third-order valence-corrected chi connectivity index (χ3v) is 3.10. The van der Waals surface area contributed by atoms with Crippen molar-refractivity contribution in [3.05, 3.63) is 39.9 Å². The number of thiazole rings is 1. The zero-order valence-corrected chi connectivity index (χ0v) is 10.1. The largest absolute Gasteiger partial charge is 0.465 e. The highest BCUT2D eigenvalue weighted by molar-refractivity contribution is 7.15.